The van der Waals surface area contributed by atoms with Crippen molar-refractivity contribution in [1.82, 2.24) is 5.32 Å². The summed E-state index contributed by atoms with van der Waals surface area (Å²) in [5.41, 5.74) is 0.681. The zero-order chi connectivity index (χ0) is 23.2. The zero-order valence-electron chi connectivity index (χ0n) is 17.7. The van der Waals surface area contributed by atoms with E-state index in [1.807, 2.05) is 5.32 Å². The fraction of sp³-hybridized carbons (Fsp3) is 0.545. The molecule has 9 nitrogen and oxygen atoms in total. The third-order valence-electron chi connectivity index (χ3n) is 4.59. The molecule has 0 aromatic heterocycles. The summed E-state index contributed by atoms with van der Waals surface area (Å²) < 4.78 is 5.66. The summed E-state index contributed by atoms with van der Waals surface area (Å²) in [6.07, 6.45) is 0.303. The smallest absolute Gasteiger partial charge is 0.258 e. The topological polar surface area (TPSA) is 157 Å². The van der Waals surface area contributed by atoms with Crippen molar-refractivity contribution in [2.75, 3.05) is 13.2 Å². The van der Waals surface area contributed by atoms with E-state index in [-0.39, 0.29) is 0 Å². The second-order valence-electron chi connectivity index (χ2n) is 7.19. The Hall–Kier alpha value is -2.30. The molecule has 9 heteroatoms. The van der Waals surface area contributed by atoms with Crippen molar-refractivity contribution in [3.63, 3.8) is 0 Å². The van der Waals surface area contributed by atoms with Crippen LogP contribution in [0.5, 0.6) is 5.75 Å². The average molecular weight is 440 g/mol. The van der Waals surface area contributed by atoms with E-state index in [2.05, 4.69) is 6.92 Å². The summed E-state index contributed by atoms with van der Waals surface area (Å²) in [7, 11) is 0. The van der Waals surface area contributed by atoms with Gasteiger partial charge in [0.15, 0.2) is 6.10 Å². The quantitative estimate of drug-likeness (QED) is 0.176. The Kier molecular flexibility index (Phi) is 12.6. The number of unbranched alkanes of at least 4 members (excludes halogenated alkanes) is 4. The number of aliphatic hydroxyl groups is 5. The molecule has 6 N–H and O–H groups in total. The largest absolute Gasteiger partial charge is 0.494 e. The van der Waals surface area contributed by atoms with Crippen LogP contribution in [0.1, 0.15) is 44.6 Å². The molecule has 0 aliphatic carbocycles. The molecule has 0 saturated heterocycles. The van der Waals surface area contributed by atoms with E-state index in [0.29, 0.717) is 17.9 Å². The number of carbonyl (C=O) groups excluding carboxylic acids is 2. The van der Waals surface area contributed by atoms with Gasteiger partial charge in [-0.05, 0) is 30.2 Å². The molecule has 0 heterocycles. The van der Waals surface area contributed by atoms with Crippen LogP contribution in [-0.2, 0) is 9.59 Å². The van der Waals surface area contributed by atoms with Crippen LogP contribution in [0, 0.1) is 0 Å². The zero-order valence-corrected chi connectivity index (χ0v) is 17.7. The van der Waals surface area contributed by atoms with Crippen LogP contribution >= 0.6 is 0 Å². The molecule has 0 radical (unpaired) electrons. The Morgan fingerprint density at radius 1 is 1.00 bits per heavy atom. The molecule has 1 rings (SSSR count). The second kappa shape index (κ2) is 14.7. The highest BCUT2D eigenvalue weighted by molar-refractivity contribution is 6.04. The lowest BCUT2D eigenvalue weighted by Gasteiger charge is -2.24. The number of carbonyl (C=O) groups is 2. The molecule has 0 unspecified atom stereocenters. The Morgan fingerprint density at radius 2 is 1.65 bits per heavy atom. The third kappa shape index (κ3) is 10.0. The monoisotopic (exact) mass is 439 g/mol. The Bertz CT molecular complexity index is 691. The summed E-state index contributed by atoms with van der Waals surface area (Å²) in [5, 5.41) is 48.7. The van der Waals surface area contributed by atoms with Crippen LogP contribution in [0.4, 0.5) is 0 Å². The lowest BCUT2D eigenvalue weighted by molar-refractivity contribution is -0.150. The predicted octanol–water partition coefficient (Wildman–Crippen LogP) is 0.128. The van der Waals surface area contributed by atoms with Crippen molar-refractivity contribution >= 4 is 17.9 Å². The molecule has 31 heavy (non-hydrogen) atoms. The fourth-order valence-corrected chi connectivity index (χ4v) is 2.66. The van der Waals surface area contributed by atoms with Crippen molar-refractivity contribution < 1.29 is 39.9 Å². The lowest BCUT2D eigenvalue weighted by atomic mass is 10.0. The fourth-order valence-electron chi connectivity index (χ4n) is 2.66. The average Bonchev–Trinajstić information content (AvgIpc) is 2.78. The van der Waals surface area contributed by atoms with Gasteiger partial charge in [-0.3, -0.25) is 14.9 Å². The van der Waals surface area contributed by atoms with E-state index in [0.717, 1.165) is 18.9 Å². The molecule has 0 aliphatic heterocycles. The van der Waals surface area contributed by atoms with Crippen LogP contribution in [0.25, 0.3) is 6.08 Å². The standard InChI is InChI=1S/C22H33NO8/c1-2-3-4-5-6-13-31-16-10-7-15(8-11-16)9-12-18(26)23-22(30)21(29)20(28)19(27)17(25)14-24/h7-12,17,19-21,24-25,27-29H,2-6,13-14H2,1H3,(H,23,26,30)/t17-,19-,20+,21-/m1/s1. The number of hydrogen-bond donors (Lipinski definition) is 6. The maximum atomic E-state index is 11.8. The molecule has 1 aromatic carbocycles. The van der Waals surface area contributed by atoms with Gasteiger partial charge in [0.05, 0.1) is 13.2 Å². The predicted molar refractivity (Wildman–Crippen MR) is 114 cm³/mol. The maximum Gasteiger partial charge on any atom is 0.258 e. The van der Waals surface area contributed by atoms with Crippen LogP contribution in [0.2, 0.25) is 0 Å². The van der Waals surface area contributed by atoms with E-state index in [1.165, 1.54) is 25.3 Å². The summed E-state index contributed by atoms with van der Waals surface area (Å²) in [5.74, 6) is -1.39. The maximum absolute atomic E-state index is 11.8. The minimum atomic E-state index is -2.17. The highest BCUT2D eigenvalue weighted by Crippen LogP contribution is 2.14. The molecule has 0 bridgehead atoms. The number of benzene rings is 1. The van der Waals surface area contributed by atoms with E-state index < -0.39 is 42.8 Å². The first kappa shape index (κ1) is 26.7. The van der Waals surface area contributed by atoms with Crippen molar-refractivity contribution in [3.8, 4) is 5.75 Å². The van der Waals surface area contributed by atoms with Crippen molar-refractivity contribution in [3.05, 3.63) is 35.9 Å². The first-order valence-electron chi connectivity index (χ1n) is 10.4. The van der Waals surface area contributed by atoms with Gasteiger partial charge in [0.2, 0.25) is 0 Å². The normalized spacial score (nSPS) is 15.3. The molecule has 2 amide bonds. The second-order valence-corrected chi connectivity index (χ2v) is 7.19. The molecule has 0 aliphatic rings. The Labute approximate surface area is 182 Å². The van der Waals surface area contributed by atoms with Crippen LogP contribution in [0.15, 0.2) is 30.3 Å². The number of hydrogen-bond acceptors (Lipinski definition) is 8. The number of ether oxygens (including phenoxy) is 1. The minimum absolute atomic E-state index is 0.641. The summed E-state index contributed by atoms with van der Waals surface area (Å²) in [4.78, 5) is 23.6. The van der Waals surface area contributed by atoms with Crippen molar-refractivity contribution in [2.45, 2.75) is 63.4 Å². The van der Waals surface area contributed by atoms with Gasteiger partial charge >= 0.3 is 0 Å². The van der Waals surface area contributed by atoms with Gasteiger partial charge < -0.3 is 30.3 Å². The number of nitrogens with one attached hydrogen (secondary N) is 1. The summed E-state index contributed by atoms with van der Waals surface area (Å²) >= 11 is 0. The molecule has 0 saturated carbocycles. The first-order valence-corrected chi connectivity index (χ1v) is 10.4. The van der Waals surface area contributed by atoms with Crippen molar-refractivity contribution in [2.24, 2.45) is 0 Å². The Balaban J connectivity index is 2.45. The number of rotatable bonds is 14. The van der Waals surface area contributed by atoms with E-state index in [9.17, 15) is 30.0 Å². The third-order valence-corrected chi connectivity index (χ3v) is 4.59. The van der Waals surface area contributed by atoms with E-state index in [1.54, 1.807) is 24.3 Å². The summed E-state index contributed by atoms with van der Waals surface area (Å²) in [6, 6.07) is 7.01. The minimum Gasteiger partial charge on any atom is -0.494 e. The molecule has 1 aromatic rings. The van der Waals surface area contributed by atoms with Gasteiger partial charge in [0.25, 0.3) is 11.8 Å². The van der Waals surface area contributed by atoms with Crippen LogP contribution < -0.4 is 10.1 Å². The molecule has 0 spiro atoms. The Morgan fingerprint density at radius 3 is 2.26 bits per heavy atom. The van der Waals surface area contributed by atoms with E-state index in [4.69, 9.17) is 9.84 Å². The molecular weight excluding hydrogens is 406 g/mol. The van der Waals surface area contributed by atoms with Gasteiger partial charge in [-0.15, -0.1) is 0 Å². The summed E-state index contributed by atoms with van der Waals surface area (Å²) in [6.45, 7) is 1.93. The number of imide groups is 1. The molecular formula is C22H33NO8. The molecule has 174 valence electrons. The molecule has 0 fully saturated rings. The van der Waals surface area contributed by atoms with Gasteiger partial charge in [-0.25, -0.2) is 0 Å². The highest BCUT2D eigenvalue weighted by Gasteiger charge is 2.34. The lowest BCUT2D eigenvalue weighted by Crippen LogP contribution is -2.52. The molecule has 4 atom stereocenters. The number of amides is 2. The number of aliphatic hydroxyl groups excluding tert-OH is 5. The van der Waals surface area contributed by atoms with E-state index >= 15 is 0 Å². The SMILES string of the molecule is CCCCCCCOc1ccc(C=CC(=O)NC(=O)[C@H](O)[C@@H](O)[C@H](O)[C@H](O)CO)cc1. The van der Waals surface area contributed by atoms with Gasteiger partial charge in [0.1, 0.15) is 24.1 Å². The van der Waals surface area contributed by atoms with Gasteiger partial charge in [-0.2, -0.15) is 0 Å². The first-order chi connectivity index (χ1) is 14.8. The van der Waals surface area contributed by atoms with Gasteiger partial charge in [0, 0.05) is 6.08 Å². The van der Waals surface area contributed by atoms with Crippen LogP contribution in [0.3, 0.4) is 0 Å². The van der Waals surface area contributed by atoms with Crippen molar-refractivity contribution in [1.29, 1.82) is 0 Å². The van der Waals surface area contributed by atoms with Crippen LogP contribution in [-0.4, -0.2) is 75.0 Å². The highest BCUT2D eigenvalue weighted by atomic mass is 16.5. The van der Waals surface area contributed by atoms with Gasteiger partial charge in [-0.1, -0.05) is 44.7 Å².